The van der Waals surface area contributed by atoms with Crippen LogP contribution >= 0.6 is 24.2 Å². The van der Waals surface area contributed by atoms with Crippen molar-refractivity contribution in [1.82, 2.24) is 19.9 Å². The minimum Gasteiger partial charge on any atom is -0.356 e. The van der Waals surface area contributed by atoms with Crippen molar-refractivity contribution < 1.29 is 13.2 Å². The van der Waals surface area contributed by atoms with Gasteiger partial charge in [-0.05, 0) is 12.6 Å². The molecule has 10 heteroatoms. The molecule has 1 saturated heterocycles. The monoisotopic (exact) mass is 382 g/mol. The fourth-order valence-electron chi connectivity index (χ4n) is 2.13. The topological polar surface area (TPSA) is 94.3 Å². The van der Waals surface area contributed by atoms with Gasteiger partial charge in [0, 0.05) is 43.9 Å². The lowest BCUT2D eigenvalue weighted by Crippen LogP contribution is -2.37. The fourth-order valence-corrected chi connectivity index (χ4v) is 4.70. The smallest absolute Gasteiger partial charge is 0.267 e. The SMILES string of the molecule is CCNCCNC(=O)c1cc(S(=O)(=O)N2CCSCC2)c[nH]1.Cl. The van der Waals surface area contributed by atoms with Crippen molar-refractivity contribution in [2.75, 3.05) is 44.2 Å². The number of hydrogen-bond donors (Lipinski definition) is 3. The van der Waals surface area contributed by atoms with Gasteiger partial charge in [0.1, 0.15) is 10.6 Å². The van der Waals surface area contributed by atoms with Gasteiger partial charge in [-0.1, -0.05) is 6.92 Å². The summed E-state index contributed by atoms with van der Waals surface area (Å²) in [5, 5.41) is 5.83. The number of likely N-dealkylation sites (N-methyl/N-ethyl adjacent to an activating group) is 1. The Bertz CT molecular complexity index is 600. The van der Waals surface area contributed by atoms with Crippen LogP contribution in [0, 0.1) is 0 Å². The van der Waals surface area contributed by atoms with E-state index in [1.807, 2.05) is 6.92 Å². The maximum Gasteiger partial charge on any atom is 0.267 e. The standard InChI is InChI=1S/C13H22N4O3S2.ClH/c1-2-14-3-4-15-13(18)12-9-11(10-16-12)22(19,20)17-5-7-21-8-6-17;/h9-10,14,16H,2-8H2,1H3,(H,15,18);1H. The van der Waals surface area contributed by atoms with Crippen LogP contribution in [0.15, 0.2) is 17.2 Å². The Morgan fingerprint density at radius 1 is 1.35 bits per heavy atom. The van der Waals surface area contributed by atoms with E-state index in [-0.39, 0.29) is 28.9 Å². The lowest BCUT2D eigenvalue weighted by molar-refractivity contribution is 0.0949. The van der Waals surface area contributed by atoms with E-state index in [1.165, 1.54) is 16.6 Å². The van der Waals surface area contributed by atoms with Crippen LogP contribution in [0.25, 0.3) is 0 Å². The molecule has 0 unspecified atom stereocenters. The molecule has 1 fully saturated rings. The molecule has 132 valence electrons. The summed E-state index contributed by atoms with van der Waals surface area (Å²) in [7, 11) is -3.51. The quantitative estimate of drug-likeness (QED) is 0.597. The lowest BCUT2D eigenvalue weighted by Gasteiger charge is -2.24. The first-order valence-electron chi connectivity index (χ1n) is 7.31. The Morgan fingerprint density at radius 3 is 2.70 bits per heavy atom. The number of sulfonamides is 1. The number of aromatic amines is 1. The van der Waals surface area contributed by atoms with Crippen molar-refractivity contribution in [2.24, 2.45) is 0 Å². The molecule has 0 saturated carbocycles. The second-order valence-electron chi connectivity index (χ2n) is 4.87. The maximum atomic E-state index is 12.5. The normalized spacial score (nSPS) is 15.9. The minimum atomic E-state index is -3.51. The molecule has 1 amide bonds. The van der Waals surface area contributed by atoms with E-state index < -0.39 is 10.0 Å². The number of thioether (sulfide) groups is 1. The molecule has 2 heterocycles. The maximum absolute atomic E-state index is 12.5. The second-order valence-corrected chi connectivity index (χ2v) is 8.04. The predicted octanol–water partition coefficient (Wildman–Crippen LogP) is 0.513. The van der Waals surface area contributed by atoms with Crippen LogP contribution in [-0.4, -0.2) is 67.8 Å². The van der Waals surface area contributed by atoms with E-state index in [0.29, 0.717) is 26.2 Å². The molecule has 1 aromatic rings. The van der Waals surface area contributed by atoms with E-state index in [2.05, 4.69) is 15.6 Å². The van der Waals surface area contributed by atoms with Gasteiger partial charge >= 0.3 is 0 Å². The summed E-state index contributed by atoms with van der Waals surface area (Å²) in [5.41, 5.74) is 0.265. The Morgan fingerprint density at radius 2 is 2.04 bits per heavy atom. The van der Waals surface area contributed by atoms with Crippen LogP contribution in [-0.2, 0) is 10.0 Å². The molecule has 0 aromatic carbocycles. The number of nitrogens with one attached hydrogen (secondary N) is 3. The second kappa shape index (κ2) is 9.53. The number of H-pyrrole nitrogens is 1. The van der Waals surface area contributed by atoms with E-state index >= 15 is 0 Å². The van der Waals surface area contributed by atoms with Crippen LogP contribution in [0.1, 0.15) is 17.4 Å². The number of nitrogens with zero attached hydrogens (tertiary/aromatic N) is 1. The van der Waals surface area contributed by atoms with Gasteiger partial charge in [0.25, 0.3) is 5.91 Å². The summed E-state index contributed by atoms with van der Waals surface area (Å²) in [4.78, 5) is 14.8. The zero-order valence-electron chi connectivity index (χ0n) is 13.0. The van der Waals surface area contributed by atoms with Crippen molar-refractivity contribution in [3.05, 3.63) is 18.0 Å². The van der Waals surface area contributed by atoms with E-state index in [4.69, 9.17) is 0 Å². The van der Waals surface area contributed by atoms with Crippen LogP contribution in [0.2, 0.25) is 0 Å². The van der Waals surface area contributed by atoms with E-state index in [0.717, 1.165) is 18.1 Å². The summed E-state index contributed by atoms with van der Waals surface area (Å²) in [5.74, 6) is 1.32. The van der Waals surface area contributed by atoms with Gasteiger partial charge in [-0.2, -0.15) is 16.1 Å². The molecule has 0 radical (unpaired) electrons. The number of carbonyl (C=O) groups excluding carboxylic acids is 1. The van der Waals surface area contributed by atoms with Gasteiger partial charge in [-0.25, -0.2) is 8.42 Å². The third-order valence-corrected chi connectivity index (χ3v) is 6.17. The largest absolute Gasteiger partial charge is 0.356 e. The number of halogens is 1. The molecule has 1 aliphatic rings. The molecule has 2 rings (SSSR count). The molecule has 23 heavy (non-hydrogen) atoms. The number of aromatic nitrogens is 1. The van der Waals surface area contributed by atoms with Gasteiger partial charge in [0.2, 0.25) is 10.0 Å². The van der Waals surface area contributed by atoms with Gasteiger partial charge in [-0.15, -0.1) is 12.4 Å². The summed E-state index contributed by atoms with van der Waals surface area (Å²) in [6.07, 6.45) is 1.39. The average molecular weight is 383 g/mol. The molecule has 1 aromatic heterocycles. The molecule has 0 spiro atoms. The van der Waals surface area contributed by atoms with Crippen LogP contribution in [0.3, 0.4) is 0 Å². The van der Waals surface area contributed by atoms with Crippen LogP contribution in [0.5, 0.6) is 0 Å². The molecule has 0 bridgehead atoms. The first-order valence-corrected chi connectivity index (χ1v) is 9.90. The molecule has 1 aliphatic heterocycles. The van der Waals surface area contributed by atoms with E-state index in [9.17, 15) is 13.2 Å². The third kappa shape index (κ3) is 5.39. The first kappa shape index (κ1) is 20.3. The Kier molecular flexibility index (Phi) is 8.41. The van der Waals surface area contributed by atoms with Crippen molar-refractivity contribution in [3.8, 4) is 0 Å². The molecular formula is C13H23ClN4O3S2. The zero-order valence-corrected chi connectivity index (χ0v) is 15.5. The summed E-state index contributed by atoms with van der Waals surface area (Å²) >= 11 is 1.75. The van der Waals surface area contributed by atoms with E-state index in [1.54, 1.807) is 11.8 Å². The van der Waals surface area contributed by atoms with Crippen molar-refractivity contribution in [2.45, 2.75) is 11.8 Å². The Labute approximate surface area is 147 Å². The highest BCUT2D eigenvalue weighted by atomic mass is 35.5. The molecule has 0 atom stereocenters. The average Bonchev–Trinajstić information content (AvgIpc) is 3.03. The molecule has 7 nitrogen and oxygen atoms in total. The number of rotatable bonds is 7. The summed E-state index contributed by atoms with van der Waals surface area (Å²) in [6, 6.07) is 1.40. The molecule has 0 aliphatic carbocycles. The molecular weight excluding hydrogens is 360 g/mol. The van der Waals surface area contributed by atoms with Gasteiger partial charge in [-0.3, -0.25) is 4.79 Å². The van der Waals surface area contributed by atoms with Crippen molar-refractivity contribution in [3.63, 3.8) is 0 Å². The Balaban J connectivity index is 0.00000264. The summed E-state index contributed by atoms with van der Waals surface area (Å²) < 4.78 is 26.4. The van der Waals surface area contributed by atoms with Gasteiger partial charge in [0.15, 0.2) is 0 Å². The van der Waals surface area contributed by atoms with Crippen LogP contribution in [0.4, 0.5) is 0 Å². The minimum absolute atomic E-state index is 0. The highest BCUT2D eigenvalue weighted by Crippen LogP contribution is 2.20. The van der Waals surface area contributed by atoms with Crippen molar-refractivity contribution in [1.29, 1.82) is 0 Å². The fraction of sp³-hybridized carbons (Fsp3) is 0.615. The third-order valence-electron chi connectivity index (χ3n) is 3.35. The predicted molar refractivity (Wildman–Crippen MR) is 95.0 cm³/mol. The molecule has 3 N–H and O–H groups in total. The highest BCUT2D eigenvalue weighted by molar-refractivity contribution is 7.99. The lowest BCUT2D eigenvalue weighted by atomic mass is 10.4. The van der Waals surface area contributed by atoms with Crippen LogP contribution < -0.4 is 10.6 Å². The highest BCUT2D eigenvalue weighted by Gasteiger charge is 2.27. The van der Waals surface area contributed by atoms with Gasteiger partial charge in [0.05, 0.1) is 0 Å². The number of amides is 1. The van der Waals surface area contributed by atoms with Gasteiger partial charge < -0.3 is 15.6 Å². The number of carbonyl (C=O) groups is 1. The number of hydrogen-bond acceptors (Lipinski definition) is 5. The zero-order chi connectivity index (χ0) is 16.0. The Hall–Kier alpha value is -0.740. The first-order chi connectivity index (χ1) is 10.6. The van der Waals surface area contributed by atoms with Crippen molar-refractivity contribution >= 4 is 40.1 Å². The summed E-state index contributed by atoms with van der Waals surface area (Å²) in [6.45, 7) is 5.04.